The minimum absolute atomic E-state index is 0.610. The summed E-state index contributed by atoms with van der Waals surface area (Å²) in [6.07, 6.45) is 0.896. The molecule has 3 aromatic carbocycles. The molecule has 2 heteroatoms. The van der Waals surface area contributed by atoms with Gasteiger partial charge in [0.25, 0.3) is 0 Å². The molecule has 2 nitrogen and oxygen atoms in total. The van der Waals surface area contributed by atoms with Crippen LogP contribution in [0, 0.1) is 0 Å². The molecule has 0 unspecified atom stereocenters. The average molecular weight is 250 g/mol. The van der Waals surface area contributed by atoms with E-state index in [1.54, 1.807) is 0 Å². The number of hydrogen-bond donors (Lipinski definition) is 0. The Morgan fingerprint density at radius 3 is 2.37 bits per heavy atom. The molecule has 0 amide bonds. The van der Waals surface area contributed by atoms with Crippen molar-refractivity contribution in [2.24, 2.45) is 0 Å². The third-order valence-electron chi connectivity index (χ3n) is 3.32. The number of aldehydes is 1. The molecule has 0 aliphatic carbocycles. The van der Waals surface area contributed by atoms with Gasteiger partial charge >= 0.3 is 0 Å². The van der Waals surface area contributed by atoms with Gasteiger partial charge in [-0.3, -0.25) is 4.79 Å². The van der Waals surface area contributed by atoms with Gasteiger partial charge in [0.2, 0.25) is 0 Å². The van der Waals surface area contributed by atoms with Crippen molar-refractivity contribution in [1.82, 2.24) is 0 Å². The maximum absolute atomic E-state index is 11.2. The van der Waals surface area contributed by atoms with Crippen LogP contribution >= 0.6 is 0 Å². The predicted molar refractivity (Wildman–Crippen MR) is 78.0 cm³/mol. The fourth-order valence-electron chi connectivity index (χ4n) is 2.50. The van der Waals surface area contributed by atoms with Crippen molar-refractivity contribution >= 4 is 27.8 Å². The van der Waals surface area contributed by atoms with Crippen LogP contribution in [0.1, 0.15) is 17.3 Å². The summed E-state index contributed by atoms with van der Waals surface area (Å²) in [5.74, 6) is 0.833. The van der Waals surface area contributed by atoms with Gasteiger partial charge in [0, 0.05) is 10.9 Å². The summed E-state index contributed by atoms with van der Waals surface area (Å²) in [5.41, 5.74) is 0.698. The molecule has 0 aromatic heterocycles. The van der Waals surface area contributed by atoms with E-state index in [-0.39, 0.29) is 0 Å². The fraction of sp³-hybridized carbons (Fsp3) is 0.118. The van der Waals surface area contributed by atoms with Gasteiger partial charge in [-0.15, -0.1) is 0 Å². The summed E-state index contributed by atoms with van der Waals surface area (Å²) in [6.45, 7) is 2.57. The number of benzene rings is 3. The van der Waals surface area contributed by atoms with Crippen LogP contribution in [0.5, 0.6) is 5.75 Å². The van der Waals surface area contributed by atoms with E-state index in [4.69, 9.17) is 4.74 Å². The molecule has 0 saturated carbocycles. The van der Waals surface area contributed by atoms with Crippen molar-refractivity contribution in [1.29, 1.82) is 0 Å². The van der Waals surface area contributed by atoms with Crippen LogP contribution in [0.2, 0.25) is 0 Å². The third-order valence-corrected chi connectivity index (χ3v) is 3.32. The van der Waals surface area contributed by atoms with Crippen molar-refractivity contribution in [3.05, 3.63) is 54.1 Å². The number of fused-ring (bicyclic) bond motifs is 3. The maximum Gasteiger partial charge on any atom is 0.150 e. The first-order chi connectivity index (χ1) is 9.35. The van der Waals surface area contributed by atoms with Crippen molar-refractivity contribution < 1.29 is 9.53 Å². The lowest BCUT2D eigenvalue weighted by molar-refractivity contribution is 0.112. The summed E-state index contributed by atoms with van der Waals surface area (Å²) >= 11 is 0. The van der Waals surface area contributed by atoms with E-state index in [1.807, 2.05) is 49.4 Å². The van der Waals surface area contributed by atoms with Crippen LogP contribution in [0.25, 0.3) is 21.5 Å². The first-order valence-electron chi connectivity index (χ1n) is 6.37. The SMILES string of the molecule is CCOc1cc2c(C=O)cccc2c2ccccc12. The van der Waals surface area contributed by atoms with E-state index < -0.39 is 0 Å². The zero-order valence-electron chi connectivity index (χ0n) is 10.7. The second kappa shape index (κ2) is 4.73. The number of carbonyl (C=O) groups excluding carboxylic acids is 1. The zero-order valence-corrected chi connectivity index (χ0v) is 10.7. The lowest BCUT2D eigenvalue weighted by Crippen LogP contribution is -1.94. The highest BCUT2D eigenvalue weighted by atomic mass is 16.5. The van der Waals surface area contributed by atoms with Gasteiger partial charge in [-0.1, -0.05) is 42.5 Å². The highest BCUT2D eigenvalue weighted by Crippen LogP contribution is 2.34. The van der Waals surface area contributed by atoms with Crippen molar-refractivity contribution in [3.63, 3.8) is 0 Å². The summed E-state index contributed by atoms with van der Waals surface area (Å²) in [5, 5.41) is 4.23. The molecule has 3 rings (SSSR count). The molecule has 0 radical (unpaired) electrons. The second-order valence-electron chi connectivity index (χ2n) is 4.41. The largest absolute Gasteiger partial charge is 0.493 e. The van der Waals surface area contributed by atoms with E-state index in [9.17, 15) is 4.79 Å². The molecule has 19 heavy (non-hydrogen) atoms. The van der Waals surface area contributed by atoms with Crippen LogP contribution in [0.15, 0.2) is 48.5 Å². The first-order valence-corrected chi connectivity index (χ1v) is 6.37. The molecule has 0 spiro atoms. The van der Waals surface area contributed by atoms with Gasteiger partial charge in [0.1, 0.15) is 5.75 Å². The normalized spacial score (nSPS) is 10.8. The molecule has 0 N–H and O–H groups in total. The summed E-state index contributed by atoms with van der Waals surface area (Å²) in [7, 11) is 0. The molecule has 0 aliphatic rings. The standard InChI is InChI=1S/C17H14O2/c1-2-19-17-10-16-12(11-18)6-5-9-14(16)13-7-3-4-8-15(13)17/h3-11H,2H2,1H3. The van der Waals surface area contributed by atoms with Crippen molar-refractivity contribution in [2.45, 2.75) is 6.92 Å². The van der Waals surface area contributed by atoms with Gasteiger partial charge in [0.05, 0.1) is 6.61 Å². The van der Waals surface area contributed by atoms with Crippen LogP contribution in [-0.2, 0) is 0 Å². The van der Waals surface area contributed by atoms with E-state index in [0.29, 0.717) is 12.2 Å². The minimum Gasteiger partial charge on any atom is -0.493 e. The van der Waals surface area contributed by atoms with E-state index in [0.717, 1.165) is 33.6 Å². The molecule has 0 atom stereocenters. The Bertz CT molecular complexity index is 760. The smallest absolute Gasteiger partial charge is 0.150 e. The monoisotopic (exact) mass is 250 g/mol. The highest BCUT2D eigenvalue weighted by Gasteiger charge is 2.09. The Kier molecular flexibility index (Phi) is 2.92. The van der Waals surface area contributed by atoms with E-state index in [2.05, 4.69) is 6.07 Å². The quantitative estimate of drug-likeness (QED) is 0.514. The van der Waals surface area contributed by atoms with E-state index in [1.165, 1.54) is 0 Å². The summed E-state index contributed by atoms with van der Waals surface area (Å²) < 4.78 is 5.71. The van der Waals surface area contributed by atoms with Crippen molar-refractivity contribution in [2.75, 3.05) is 6.61 Å². The predicted octanol–water partition coefficient (Wildman–Crippen LogP) is 4.20. The Morgan fingerprint density at radius 1 is 0.947 bits per heavy atom. The summed E-state index contributed by atoms with van der Waals surface area (Å²) in [6, 6.07) is 15.9. The van der Waals surface area contributed by atoms with Gasteiger partial charge in [-0.25, -0.2) is 0 Å². The Balaban J connectivity index is 2.49. The molecule has 0 heterocycles. The maximum atomic E-state index is 11.2. The number of ether oxygens (including phenoxy) is 1. The molecule has 0 fully saturated rings. The Labute approximate surface area is 111 Å². The van der Waals surface area contributed by atoms with Gasteiger partial charge in [-0.05, 0) is 29.1 Å². The lowest BCUT2D eigenvalue weighted by atomic mass is 9.98. The van der Waals surface area contributed by atoms with Crippen LogP contribution in [0.4, 0.5) is 0 Å². The van der Waals surface area contributed by atoms with Gasteiger partial charge < -0.3 is 4.74 Å². The van der Waals surface area contributed by atoms with Crippen molar-refractivity contribution in [3.8, 4) is 5.75 Å². The molecule has 0 saturated heterocycles. The molecule has 0 bridgehead atoms. The Morgan fingerprint density at radius 2 is 1.63 bits per heavy atom. The van der Waals surface area contributed by atoms with Gasteiger partial charge in [-0.2, -0.15) is 0 Å². The van der Waals surface area contributed by atoms with E-state index >= 15 is 0 Å². The minimum atomic E-state index is 0.610. The number of hydrogen-bond acceptors (Lipinski definition) is 2. The Hall–Kier alpha value is -2.35. The fourth-order valence-corrected chi connectivity index (χ4v) is 2.50. The molecular weight excluding hydrogens is 236 g/mol. The first kappa shape index (κ1) is 11.7. The van der Waals surface area contributed by atoms with Crippen LogP contribution in [-0.4, -0.2) is 12.9 Å². The van der Waals surface area contributed by atoms with Gasteiger partial charge in [0.15, 0.2) is 6.29 Å². The molecule has 94 valence electrons. The number of carbonyl (C=O) groups is 1. The molecular formula is C17H14O2. The summed E-state index contributed by atoms with van der Waals surface area (Å²) in [4.78, 5) is 11.2. The van der Waals surface area contributed by atoms with Crippen LogP contribution in [0.3, 0.4) is 0 Å². The topological polar surface area (TPSA) is 26.3 Å². The second-order valence-corrected chi connectivity index (χ2v) is 4.41. The lowest BCUT2D eigenvalue weighted by Gasteiger charge is -2.11. The molecule has 3 aromatic rings. The molecule has 0 aliphatic heterocycles. The van der Waals surface area contributed by atoms with Crippen LogP contribution < -0.4 is 4.74 Å². The third kappa shape index (κ3) is 1.85. The highest BCUT2D eigenvalue weighted by molar-refractivity contribution is 6.14. The zero-order chi connectivity index (χ0) is 13.2. The average Bonchev–Trinajstić information content (AvgIpc) is 2.47. The number of rotatable bonds is 3.